The smallest absolute Gasteiger partial charge is 0.129 e. The minimum absolute atomic E-state index is 0.0995. The maximum absolute atomic E-state index is 13.8. The Morgan fingerprint density at radius 2 is 2.06 bits per heavy atom. The van der Waals surface area contributed by atoms with Crippen LogP contribution in [0.25, 0.3) is 0 Å². The summed E-state index contributed by atoms with van der Waals surface area (Å²) in [6, 6.07) is 5.25. The Balaban J connectivity index is 2.66. The van der Waals surface area contributed by atoms with Gasteiger partial charge in [-0.3, -0.25) is 0 Å². The van der Waals surface area contributed by atoms with Gasteiger partial charge in [0, 0.05) is 16.1 Å². The molecular weight excluding hydrogens is 281 g/mol. The molecule has 1 atom stereocenters. The molecule has 0 fully saturated rings. The van der Waals surface area contributed by atoms with E-state index in [1.165, 1.54) is 25.3 Å². The van der Waals surface area contributed by atoms with Crippen LogP contribution in [0.3, 0.4) is 0 Å². The zero-order valence-electron chi connectivity index (χ0n) is 10.6. The molecule has 0 aliphatic carbocycles. The highest BCUT2D eigenvalue weighted by Gasteiger charge is 2.16. The first-order chi connectivity index (χ1) is 8.20. The van der Waals surface area contributed by atoms with Gasteiger partial charge in [-0.25, -0.2) is 4.39 Å². The van der Waals surface area contributed by atoms with Crippen LogP contribution in [0.2, 0.25) is 0 Å². The highest BCUT2D eigenvalue weighted by Crippen LogP contribution is 2.29. The maximum Gasteiger partial charge on any atom is 0.129 e. The fourth-order valence-corrected chi connectivity index (χ4v) is 2.67. The SMILES string of the molecule is CCCCCCC(NC)c1c(F)cccc1Br. The van der Waals surface area contributed by atoms with E-state index in [0.717, 1.165) is 22.9 Å². The van der Waals surface area contributed by atoms with Crippen LogP contribution in [-0.2, 0) is 0 Å². The van der Waals surface area contributed by atoms with Crippen molar-refractivity contribution in [3.05, 3.63) is 34.1 Å². The summed E-state index contributed by atoms with van der Waals surface area (Å²) in [6.07, 6.45) is 5.83. The number of hydrogen-bond acceptors (Lipinski definition) is 1. The van der Waals surface area contributed by atoms with Gasteiger partial charge in [0.1, 0.15) is 5.82 Å². The molecule has 0 saturated heterocycles. The predicted octanol–water partition coefficient (Wildman–Crippen LogP) is 4.82. The van der Waals surface area contributed by atoms with Gasteiger partial charge in [-0.1, -0.05) is 54.6 Å². The summed E-state index contributed by atoms with van der Waals surface area (Å²) in [5.41, 5.74) is 0.756. The summed E-state index contributed by atoms with van der Waals surface area (Å²) in [5, 5.41) is 3.21. The Morgan fingerprint density at radius 3 is 2.65 bits per heavy atom. The molecule has 1 aromatic carbocycles. The lowest BCUT2D eigenvalue weighted by molar-refractivity contribution is 0.478. The molecule has 17 heavy (non-hydrogen) atoms. The molecule has 0 aromatic heterocycles. The van der Waals surface area contributed by atoms with Gasteiger partial charge in [0.25, 0.3) is 0 Å². The molecule has 0 aliphatic rings. The average Bonchev–Trinajstić information content (AvgIpc) is 2.31. The molecular formula is C14H21BrFN. The highest BCUT2D eigenvalue weighted by molar-refractivity contribution is 9.10. The second kappa shape index (κ2) is 7.83. The van der Waals surface area contributed by atoms with Crippen LogP contribution in [-0.4, -0.2) is 7.05 Å². The van der Waals surface area contributed by atoms with E-state index < -0.39 is 0 Å². The normalized spacial score (nSPS) is 12.7. The molecule has 0 saturated carbocycles. The van der Waals surface area contributed by atoms with Crippen molar-refractivity contribution in [1.29, 1.82) is 0 Å². The summed E-state index contributed by atoms with van der Waals surface area (Å²) >= 11 is 3.43. The number of unbranched alkanes of at least 4 members (excludes halogenated alkanes) is 3. The third kappa shape index (κ3) is 4.40. The van der Waals surface area contributed by atoms with Gasteiger partial charge in [-0.15, -0.1) is 0 Å². The molecule has 0 amide bonds. The van der Waals surface area contributed by atoms with E-state index in [4.69, 9.17) is 0 Å². The second-order valence-corrected chi connectivity index (χ2v) is 5.18. The lowest BCUT2D eigenvalue weighted by Gasteiger charge is -2.18. The number of nitrogens with one attached hydrogen (secondary N) is 1. The van der Waals surface area contributed by atoms with Crippen molar-refractivity contribution in [3.8, 4) is 0 Å². The van der Waals surface area contributed by atoms with Crippen molar-refractivity contribution in [1.82, 2.24) is 5.32 Å². The summed E-state index contributed by atoms with van der Waals surface area (Å²) in [6.45, 7) is 2.20. The van der Waals surface area contributed by atoms with Crippen LogP contribution < -0.4 is 5.32 Å². The van der Waals surface area contributed by atoms with Crippen molar-refractivity contribution in [2.24, 2.45) is 0 Å². The number of halogens is 2. The molecule has 0 spiro atoms. The first-order valence-corrected chi connectivity index (χ1v) is 7.11. The van der Waals surface area contributed by atoms with Gasteiger partial charge >= 0.3 is 0 Å². The van der Waals surface area contributed by atoms with E-state index in [1.807, 2.05) is 13.1 Å². The molecule has 1 N–H and O–H groups in total. The zero-order chi connectivity index (χ0) is 12.7. The van der Waals surface area contributed by atoms with Gasteiger partial charge in [-0.2, -0.15) is 0 Å². The summed E-state index contributed by atoms with van der Waals surface area (Å²) in [5.74, 6) is -0.130. The fourth-order valence-electron chi connectivity index (χ4n) is 2.05. The van der Waals surface area contributed by atoms with Gasteiger partial charge in [0.05, 0.1) is 0 Å². The van der Waals surface area contributed by atoms with Crippen molar-refractivity contribution in [2.45, 2.75) is 45.1 Å². The Labute approximate surface area is 112 Å². The second-order valence-electron chi connectivity index (χ2n) is 4.33. The Hall–Kier alpha value is -0.410. The highest BCUT2D eigenvalue weighted by atomic mass is 79.9. The fraction of sp³-hybridized carbons (Fsp3) is 0.571. The lowest BCUT2D eigenvalue weighted by Crippen LogP contribution is -2.18. The monoisotopic (exact) mass is 301 g/mol. The van der Waals surface area contributed by atoms with E-state index in [0.29, 0.717) is 0 Å². The van der Waals surface area contributed by atoms with Gasteiger partial charge < -0.3 is 5.32 Å². The molecule has 96 valence electrons. The number of hydrogen-bond donors (Lipinski definition) is 1. The molecule has 1 nitrogen and oxygen atoms in total. The van der Waals surface area contributed by atoms with E-state index in [1.54, 1.807) is 6.07 Å². The minimum Gasteiger partial charge on any atom is -0.313 e. The Kier molecular flexibility index (Phi) is 6.75. The van der Waals surface area contributed by atoms with Gasteiger partial charge in [-0.05, 0) is 25.6 Å². The van der Waals surface area contributed by atoms with Crippen LogP contribution in [0.15, 0.2) is 22.7 Å². The molecule has 0 heterocycles. The van der Waals surface area contributed by atoms with Crippen LogP contribution in [0.4, 0.5) is 4.39 Å². The third-order valence-electron chi connectivity index (χ3n) is 3.04. The summed E-state index contributed by atoms with van der Waals surface area (Å²) in [7, 11) is 1.89. The summed E-state index contributed by atoms with van der Waals surface area (Å²) in [4.78, 5) is 0. The Morgan fingerprint density at radius 1 is 1.29 bits per heavy atom. The summed E-state index contributed by atoms with van der Waals surface area (Å²) < 4.78 is 14.6. The van der Waals surface area contributed by atoms with Crippen LogP contribution >= 0.6 is 15.9 Å². The molecule has 1 aromatic rings. The van der Waals surface area contributed by atoms with Gasteiger partial charge in [0.2, 0.25) is 0 Å². The molecule has 0 radical (unpaired) electrons. The minimum atomic E-state index is -0.130. The molecule has 1 rings (SSSR count). The Bertz CT molecular complexity index is 321. The van der Waals surface area contributed by atoms with E-state index >= 15 is 0 Å². The molecule has 1 unspecified atom stereocenters. The topological polar surface area (TPSA) is 12.0 Å². The number of rotatable bonds is 7. The van der Waals surface area contributed by atoms with Crippen molar-refractivity contribution >= 4 is 15.9 Å². The van der Waals surface area contributed by atoms with Crippen molar-refractivity contribution in [3.63, 3.8) is 0 Å². The third-order valence-corrected chi connectivity index (χ3v) is 3.73. The first-order valence-electron chi connectivity index (χ1n) is 6.31. The largest absolute Gasteiger partial charge is 0.313 e. The van der Waals surface area contributed by atoms with E-state index in [2.05, 4.69) is 28.2 Å². The standard InChI is InChI=1S/C14H21BrFN/c1-3-4-5-6-10-13(17-2)14-11(15)8-7-9-12(14)16/h7-9,13,17H,3-6,10H2,1-2H3. The van der Waals surface area contributed by atoms with E-state index in [-0.39, 0.29) is 11.9 Å². The zero-order valence-corrected chi connectivity index (χ0v) is 12.2. The van der Waals surface area contributed by atoms with Crippen LogP contribution in [0.1, 0.15) is 50.6 Å². The molecule has 3 heteroatoms. The molecule has 0 aliphatic heterocycles. The maximum atomic E-state index is 13.8. The van der Waals surface area contributed by atoms with E-state index in [9.17, 15) is 4.39 Å². The van der Waals surface area contributed by atoms with Crippen molar-refractivity contribution in [2.75, 3.05) is 7.05 Å². The first kappa shape index (κ1) is 14.7. The van der Waals surface area contributed by atoms with Crippen LogP contribution in [0.5, 0.6) is 0 Å². The predicted molar refractivity (Wildman–Crippen MR) is 74.7 cm³/mol. The lowest BCUT2D eigenvalue weighted by atomic mass is 10.00. The quantitative estimate of drug-likeness (QED) is 0.712. The average molecular weight is 302 g/mol. The van der Waals surface area contributed by atoms with Crippen LogP contribution in [0, 0.1) is 5.82 Å². The number of benzene rings is 1. The van der Waals surface area contributed by atoms with Gasteiger partial charge in [0.15, 0.2) is 0 Å². The van der Waals surface area contributed by atoms with Crippen molar-refractivity contribution < 1.29 is 4.39 Å². The molecule has 0 bridgehead atoms.